The van der Waals surface area contributed by atoms with Crippen LogP contribution in [0.15, 0.2) is 24.3 Å². The maximum absolute atomic E-state index is 12.5. The number of carbonyl (C=O) groups is 1. The van der Waals surface area contributed by atoms with Gasteiger partial charge in [0.1, 0.15) is 6.10 Å². The molecule has 0 bridgehead atoms. The maximum atomic E-state index is 12.5. The molecular weight excluding hydrogens is 661 g/mol. The number of rotatable bonds is 44. The predicted octanol–water partition coefficient (Wildman–Crippen LogP) is 11.6. The number of unbranched alkanes of at least 4 members (excludes halogenated alkanes) is 24. The highest BCUT2D eigenvalue weighted by Crippen LogP contribution is 2.14. The molecule has 0 fully saturated rings. The summed E-state index contributed by atoms with van der Waals surface area (Å²) >= 11 is 0. The van der Waals surface area contributed by atoms with E-state index in [-0.39, 0.29) is 13.2 Å². The molecular formula is C46H90N2O5. The smallest absolute Gasteiger partial charge is 0.249 e. The molecule has 2 atom stereocenters. The van der Waals surface area contributed by atoms with Crippen molar-refractivity contribution in [1.82, 2.24) is 4.90 Å². The lowest BCUT2D eigenvalue weighted by Gasteiger charge is -2.27. The average Bonchev–Trinajstić information content (AvgIpc) is 3.16. The Morgan fingerprint density at radius 2 is 0.962 bits per heavy atom. The van der Waals surface area contributed by atoms with Gasteiger partial charge in [-0.2, -0.15) is 0 Å². The Bertz CT molecular complexity index is 792. The van der Waals surface area contributed by atoms with Crippen LogP contribution in [0.3, 0.4) is 0 Å². The minimum atomic E-state index is -0.828. The quantitative estimate of drug-likeness (QED) is 0.0476. The van der Waals surface area contributed by atoms with E-state index in [0.29, 0.717) is 32.9 Å². The highest BCUT2D eigenvalue weighted by molar-refractivity contribution is 5.79. The topological polar surface area (TPSA) is 94.2 Å². The Morgan fingerprint density at radius 1 is 0.547 bits per heavy atom. The normalized spacial score (nSPS) is 13.2. The van der Waals surface area contributed by atoms with Crippen molar-refractivity contribution in [3.8, 4) is 0 Å². The Balaban J connectivity index is 4.25. The summed E-state index contributed by atoms with van der Waals surface area (Å²) in [7, 11) is 0. The van der Waals surface area contributed by atoms with E-state index in [2.05, 4.69) is 50.0 Å². The molecule has 0 heterocycles. The molecule has 0 aromatic heterocycles. The largest absolute Gasteiger partial charge is 0.395 e. The van der Waals surface area contributed by atoms with Crippen LogP contribution in [-0.4, -0.2) is 80.8 Å². The Kier molecular flexibility index (Phi) is 42.5. The van der Waals surface area contributed by atoms with Gasteiger partial charge in [-0.25, -0.2) is 0 Å². The molecule has 7 nitrogen and oxygen atoms in total. The second-order valence-electron chi connectivity index (χ2n) is 15.2. The second kappa shape index (κ2) is 43.5. The van der Waals surface area contributed by atoms with Crippen molar-refractivity contribution >= 4 is 5.91 Å². The molecule has 0 saturated heterocycles. The van der Waals surface area contributed by atoms with Crippen LogP contribution >= 0.6 is 0 Å². The predicted molar refractivity (Wildman–Crippen MR) is 228 cm³/mol. The number of amides is 1. The summed E-state index contributed by atoms with van der Waals surface area (Å²) in [6, 6.07) is 0. The van der Waals surface area contributed by atoms with Gasteiger partial charge in [0, 0.05) is 26.3 Å². The van der Waals surface area contributed by atoms with Crippen LogP contribution in [0.4, 0.5) is 0 Å². The molecule has 2 unspecified atom stereocenters. The molecule has 314 valence electrons. The number of ether oxygens (including phenoxy) is 3. The zero-order valence-corrected chi connectivity index (χ0v) is 35.5. The molecule has 53 heavy (non-hydrogen) atoms. The first-order chi connectivity index (χ1) is 26.1. The summed E-state index contributed by atoms with van der Waals surface area (Å²) in [5, 5.41) is 9.34. The van der Waals surface area contributed by atoms with Crippen molar-refractivity contribution in [1.29, 1.82) is 0 Å². The minimum absolute atomic E-state index is 0.111. The highest BCUT2D eigenvalue weighted by Gasteiger charge is 2.29. The fourth-order valence-corrected chi connectivity index (χ4v) is 6.71. The highest BCUT2D eigenvalue weighted by atomic mass is 16.6. The number of nitrogens with zero attached hydrogens (tertiary/aromatic N) is 1. The van der Waals surface area contributed by atoms with Crippen molar-refractivity contribution in [2.75, 3.05) is 52.7 Å². The number of allylic oxidation sites excluding steroid dienone is 4. The zero-order valence-electron chi connectivity index (χ0n) is 35.5. The first-order valence-electron chi connectivity index (χ1n) is 22.8. The van der Waals surface area contributed by atoms with Gasteiger partial charge in [0.25, 0.3) is 0 Å². The molecule has 0 aliphatic carbocycles. The van der Waals surface area contributed by atoms with Gasteiger partial charge >= 0.3 is 0 Å². The van der Waals surface area contributed by atoms with Crippen LogP contribution in [0.2, 0.25) is 0 Å². The molecule has 3 N–H and O–H groups in total. The molecule has 7 heteroatoms. The number of carbonyl (C=O) groups excluding carboxylic acids is 1. The van der Waals surface area contributed by atoms with Crippen LogP contribution in [0.5, 0.6) is 0 Å². The molecule has 0 rings (SSSR count). The first-order valence-corrected chi connectivity index (χ1v) is 22.8. The van der Waals surface area contributed by atoms with E-state index in [1.54, 1.807) is 0 Å². The van der Waals surface area contributed by atoms with Gasteiger partial charge in [-0.05, 0) is 70.8 Å². The average molecular weight is 751 g/mol. The van der Waals surface area contributed by atoms with Crippen LogP contribution in [0, 0.1) is 0 Å². The molecule has 0 radical (unpaired) electrons. The molecule has 0 aliphatic heterocycles. The fourth-order valence-electron chi connectivity index (χ4n) is 6.71. The van der Waals surface area contributed by atoms with Crippen molar-refractivity contribution < 1.29 is 24.1 Å². The number of hydrogen-bond acceptors (Lipinski definition) is 6. The van der Waals surface area contributed by atoms with Crippen molar-refractivity contribution in [3.63, 3.8) is 0 Å². The van der Waals surface area contributed by atoms with Gasteiger partial charge in [0.15, 0.2) is 6.10 Å². The standard InChI is InChI=1S/C46H90N2O5/c1-4-7-9-11-13-15-17-19-21-23-25-27-29-31-33-35-40-51-43-44(52-42-38-48(6-3)37-39-49)45(46(47)50)53-41-36-34-32-30-28-26-24-22-20-18-16-14-12-10-8-5-2/h19-22,44-45,49H,4-18,23-43H2,1-3H3,(H2,47,50). The Hall–Kier alpha value is -1.25. The number of nitrogens with two attached hydrogens (primary N) is 1. The molecule has 0 aromatic carbocycles. The van der Waals surface area contributed by atoms with E-state index < -0.39 is 18.1 Å². The lowest BCUT2D eigenvalue weighted by atomic mass is 10.1. The third-order valence-electron chi connectivity index (χ3n) is 10.3. The SMILES string of the molecule is CCCCCCCCC=CCCCCCCCCOCC(OCCN(CC)CCO)C(OCCCCCCCCC=CCCCCCCCC)C(N)=O. The van der Waals surface area contributed by atoms with Gasteiger partial charge in [0.05, 0.1) is 19.8 Å². The van der Waals surface area contributed by atoms with E-state index in [4.69, 9.17) is 19.9 Å². The van der Waals surface area contributed by atoms with E-state index in [9.17, 15) is 9.90 Å². The van der Waals surface area contributed by atoms with Crippen molar-refractivity contribution in [3.05, 3.63) is 24.3 Å². The molecule has 0 aromatic rings. The van der Waals surface area contributed by atoms with Crippen LogP contribution in [0.25, 0.3) is 0 Å². The van der Waals surface area contributed by atoms with Crippen molar-refractivity contribution in [2.24, 2.45) is 5.73 Å². The van der Waals surface area contributed by atoms with Crippen LogP contribution in [0.1, 0.15) is 201 Å². The lowest BCUT2D eigenvalue weighted by Crippen LogP contribution is -2.46. The number of aliphatic hydroxyl groups is 1. The minimum Gasteiger partial charge on any atom is -0.395 e. The van der Waals surface area contributed by atoms with Gasteiger partial charge in [-0.1, -0.05) is 161 Å². The monoisotopic (exact) mass is 751 g/mol. The summed E-state index contributed by atoms with van der Waals surface area (Å²) in [4.78, 5) is 14.6. The summed E-state index contributed by atoms with van der Waals surface area (Å²) in [5.74, 6) is -0.497. The first kappa shape index (κ1) is 51.8. The Labute approximate surface area is 329 Å². The second-order valence-corrected chi connectivity index (χ2v) is 15.2. The number of primary amides is 1. The third kappa shape index (κ3) is 37.5. The lowest BCUT2D eigenvalue weighted by molar-refractivity contribution is -0.148. The maximum Gasteiger partial charge on any atom is 0.249 e. The Morgan fingerprint density at radius 3 is 1.38 bits per heavy atom. The van der Waals surface area contributed by atoms with Gasteiger partial charge in [-0.15, -0.1) is 0 Å². The van der Waals surface area contributed by atoms with E-state index >= 15 is 0 Å². The van der Waals surface area contributed by atoms with E-state index in [1.807, 2.05) is 0 Å². The van der Waals surface area contributed by atoms with Gasteiger partial charge < -0.3 is 25.1 Å². The molecule has 0 spiro atoms. The van der Waals surface area contributed by atoms with Crippen molar-refractivity contribution in [2.45, 2.75) is 213 Å². The van der Waals surface area contributed by atoms with Crippen LogP contribution in [-0.2, 0) is 19.0 Å². The number of aliphatic hydroxyl groups excluding tert-OH is 1. The van der Waals surface area contributed by atoms with E-state index in [1.165, 1.54) is 154 Å². The third-order valence-corrected chi connectivity index (χ3v) is 10.3. The number of hydrogen-bond donors (Lipinski definition) is 2. The van der Waals surface area contributed by atoms with E-state index in [0.717, 1.165) is 32.2 Å². The fraction of sp³-hybridized carbons (Fsp3) is 0.891. The molecule has 1 amide bonds. The summed E-state index contributed by atoms with van der Waals surface area (Å²) in [6.07, 6.45) is 43.6. The number of likely N-dealkylation sites (N-methyl/N-ethyl adjacent to an activating group) is 1. The summed E-state index contributed by atoms with van der Waals surface area (Å²) in [5.41, 5.74) is 5.83. The zero-order chi connectivity index (χ0) is 38.7. The summed E-state index contributed by atoms with van der Waals surface area (Å²) < 4.78 is 18.3. The molecule has 0 saturated carbocycles. The molecule has 0 aliphatic rings. The van der Waals surface area contributed by atoms with Crippen LogP contribution < -0.4 is 5.73 Å². The van der Waals surface area contributed by atoms with Gasteiger partial charge in [-0.3, -0.25) is 9.69 Å². The summed E-state index contributed by atoms with van der Waals surface area (Å²) in [6.45, 7) is 10.7. The van der Waals surface area contributed by atoms with Gasteiger partial charge in [0.2, 0.25) is 5.91 Å².